The summed E-state index contributed by atoms with van der Waals surface area (Å²) in [5.74, 6) is 2.06. The number of aromatic nitrogens is 2. The molecule has 0 aliphatic heterocycles. The quantitative estimate of drug-likeness (QED) is 0.911. The van der Waals surface area contributed by atoms with E-state index in [1.165, 1.54) is 42.8 Å². The van der Waals surface area contributed by atoms with Crippen molar-refractivity contribution in [3.8, 4) is 0 Å². The molecule has 0 unspecified atom stereocenters. The molecule has 5 nitrogen and oxygen atoms in total. The SMILES string of the molecule is C[C@@H](NS(=O)(=O)c1cnn(C)c1)[C@H]1C[C@@H]2CC[C@@H]1C2. The maximum Gasteiger partial charge on any atom is 0.243 e. The Morgan fingerprint density at radius 2 is 2.21 bits per heavy atom. The number of fused-ring (bicyclic) bond motifs is 2. The van der Waals surface area contributed by atoms with E-state index in [0.29, 0.717) is 5.92 Å². The van der Waals surface area contributed by atoms with Crippen LogP contribution >= 0.6 is 0 Å². The molecule has 2 fully saturated rings. The molecule has 6 heteroatoms. The van der Waals surface area contributed by atoms with Crippen LogP contribution in [0.3, 0.4) is 0 Å². The van der Waals surface area contributed by atoms with E-state index in [-0.39, 0.29) is 10.9 Å². The van der Waals surface area contributed by atoms with Gasteiger partial charge in [0.25, 0.3) is 0 Å². The Balaban J connectivity index is 1.71. The first-order chi connectivity index (χ1) is 8.95. The Labute approximate surface area is 114 Å². The van der Waals surface area contributed by atoms with Gasteiger partial charge in [-0.1, -0.05) is 6.42 Å². The fraction of sp³-hybridized carbons (Fsp3) is 0.769. The molecule has 19 heavy (non-hydrogen) atoms. The largest absolute Gasteiger partial charge is 0.274 e. The third-order valence-electron chi connectivity index (χ3n) is 4.77. The van der Waals surface area contributed by atoms with E-state index in [1.807, 2.05) is 6.92 Å². The number of rotatable bonds is 4. The van der Waals surface area contributed by atoms with E-state index in [2.05, 4.69) is 9.82 Å². The van der Waals surface area contributed by atoms with Crippen LogP contribution in [-0.4, -0.2) is 24.2 Å². The predicted molar refractivity (Wildman–Crippen MR) is 71.9 cm³/mol. The molecule has 1 aromatic rings. The molecule has 2 aliphatic carbocycles. The highest BCUT2D eigenvalue weighted by Gasteiger charge is 2.42. The van der Waals surface area contributed by atoms with Gasteiger partial charge in [0.15, 0.2) is 0 Å². The number of nitrogens with zero attached hydrogens (tertiary/aromatic N) is 2. The van der Waals surface area contributed by atoms with E-state index in [0.717, 1.165) is 11.8 Å². The van der Waals surface area contributed by atoms with Crippen molar-refractivity contribution in [3.05, 3.63) is 12.4 Å². The lowest BCUT2D eigenvalue weighted by molar-refractivity contribution is 0.280. The standard InChI is InChI=1S/C13H21N3O2S/c1-9(13-6-10-3-4-11(13)5-10)15-19(17,18)12-7-14-16(2)8-12/h7-11,13,15H,3-6H2,1-2H3/t9-,10-,11-,13-/m1/s1. The smallest absolute Gasteiger partial charge is 0.243 e. The van der Waals surface area contributed by atoms with Crippen LogP contribution in [0.5, 0.6) is 0 Å². The number of sulfonamides is 1. The second kappa shape index (κ2) is 4.59. The normalized spacial score (nSPS) is 31.8. The van der Waals surface area contributed by atoms with Crippen molar-refractivity contribution in [1.29, 1.82) is 0 Å². The molecular formula is C13H21N3O2S. The molecule has 0 radical (unpaired) electrons. The summed E-state index contributed by atoms with van der Waals surface area (Å²) in [5.41, 5.74) is 0. The molecule has 2 saturated carbocycles. The summed E-state index contributed by atoms with van der Waals surface area (Å²) in [6, 6.07) is 0.0144. The molecule has 0 saturated heterocycles. The van der Waals surface area contributed by atoms with Crippen molar-refractivity contribution >= 4 is 10.0 Å². The van der Waals surface area contributed by atoms with Crippen LogP contribution in [0, 0.1) is 17.8 Å². The zero-order valence-electron chi connectivity index (χ0n) is 11.4. The second-order valence-corrected chi connectivity index (χ2v) is 7.81. The molecule has 1 N–H and O–H groups in total. The van der Waals surface area contributed by atoms with E-state index in [9.17, 15) is 8.42 Å². The fourth-order valence-electron chi connectivity index (χ4n) is 3.84. The minimum Gasteiger partial charge on any atom is -0.274 e. The summed E-state index contributed by atoms with van der Waals surface area (Å²) in [6.07, 6.45) is 8.02. The van der Waals surface area contributed by atoms with Crippen LogP contribution in [0.25, 0.3) is 0 Å². The molecule has 3 rings (SSSR count). The number of nitrogens with one attached hydrogen (secondary N) is 1. The van der Waals surface area contributed by atoms with Gasteiger partial charge in [-0.3, -0.25) is 4.68 Å². The first-order valence-corrected chi connectivity index (χ1v) is 8.45. The summed E-state index contributed by atoms with van der Waals surface area (Å²) in [7, 11) is -1.71. The van der Waals surface area contributed by atoms with Crippen LogP contribution in [-0.2, 0) is 17.1 Å². The van der Waals surface area contributed by atoms with Crippen LogP contribution in [0.1, 0.15) is 32.6 Å². The summed E-state index contributed by atoms with van der Waals surface area (Å²) in [5, 5.41) is 3.92. The molecule has 0 spiro atoms. The Kier molecular flexibility index (Phi) is 3.17. The van der Waals surface area contributed by atoms with Gasteiger partial charge < -0.3 is 0 Å². The van der Waals surface area contributed by atoms with E-state index >= 15 is 0 Å². The van der Waals surface area contributed by atoms with Crippen LogP contribution in [0.2, 0.25) is 0 Å². The third kappa shape index (κ3) is 2.43. The maximum atomic E-state index is 12.3. The van der Waals surface area contributed by atoms with Gasteiger partial charge in [0, 0.05) is 19.3 Å². The minimum atomic E-state index is -3.43. The van der Waals surface area contributed by atoms with Crippen molar-refractivity contribution in [1.82, 2.24) is 14.5 Å². The number of hydrogen-bond acceptors (Lipinski definition) is 3. The van der Waals surface area contributed by atoms with Crippen molar-refractivity contribution < 1.29 is 8.42 Å². The third-order valence-corrected chi connectivity index (χ3v) is 6.28. The summed E-state index contributed by atoms with van der Waals surface area (Å²) < 4.78 is 28.9. The van der Waals surface area contributed by atoms with Crippen LogP contribution in [0.15, 0.2) is 17.3 Å². The van der Waals surface area contributed by atoms with Gasteiger partial charge >= 0.3 is 0 Å². The van der Waals surface area contributed by atoms with Crippen molar-refractivity contribution in [3.63, 3.8) is 0 Å². The highest BCUT2D eigenvalue weighted by atomic mass is 32.2. The predicted octanol–water partition coefficient (Wildman–Crippen LogP) is 1.52. The van der Waals surface area contributed by atoms with Crippen molar-refractivity contribution in [2.75, 3.05) is 0 Å². The lowest BCUT2D eigenvalue weighted by atomic mass is 9.84. The highest BCUT2D eigenvalue weighted by Crippen LogP contribution is 2.49. The minimum absolute atomic E-state index is 0.0144. The van der Waals surface area contributed by atoms with Crippen molar-refractivity contribution in [2.45, 2.75) is 43.5 Å². The zero-order valence-corrected chi connectivity index (χ0v) is 12.2. The maximum absolute atomic E-state index is 12.3. The molecule has 2 bridgehead atoms. The molecule has 106 valence electrons. The lowest BCUT2D eigenvalue weighted by Gasteiger charge is -2.28. The Morgan fingerprint density at radius 3 is 2.74 bits per heavy atom. The van der Waals surface area contributed by atoms with E-state index < -0.39 is 10.0 Å². The number of aryl methyl sites for hydroxylation is 1. The Bertz CT molecular complexity index is 566. The average molecular weight is 283 g/mol. The summed E-state index contributed by atoms with van der Waals surface area (Å²) >= 11 is 0. The van der Waals surface area contributed by atoms with Gasteiger partial charge in [-0.2, -0.15) is 5.10 Å². The topological polar surface area (TPSA) is 64.0 Å². The molecule has 2 aliphatic rings. The number of hydrogen-bond donors (Lipinski definition) is 1. The zero-order chi connectivity index (χ0) is 13.6. The summed E-state index contributed by atoms with van der Waals surface area (Å²) in [4.78, 5) is 0.255. The van der Waals surface area contributed by atoms with Crippen molar-refractivity contribution in [2.24, 2.45) is 24.8 Å². The van der Waals surface area contributed by atoms with Gasteiger partial charge in [-0.05, 0) is 43.9 Å². The lowest BCUT2D eigenvalue weighted by Crippen LogP contribution is -2.39. The highest BCUT2D eigenvalue weighted by molar-refractivity contribution is 7.89. The second-order valence-electron chi connectivity index (χ2n) is 6.10. The Hall–Kier alpha value is -0.880. The molecule has 1 aromatic heterocycles. The summed E-state index contributed by atoms with van der Waals surface area (Å²) in [6.45, 7) is 2.00. The Morgan fingerprint density at radius 1 is 1.42 bits per heavy atom. The van der Waals surface area contributed by atoms with Gasteiger partial charge in [0.1, 0.15) is 4.90 Å². The average Bonchev–Trinajstić information content (AvgIpc) is 3.02. The molecule has 0 amide bonds. The molecule has 0 aromatic carbocycles. The van der Waals surface area contributed by atoms with Gasteiger partial charge in [-0.15, -0.1) is 0 Å². The van der Waals surface area contributed by atoms with Gasteiger partial charge in [0.05, 0.1) is 6.20 Å². The molecular weight excluding hydrogens is 262 g/mol. The van der Waals surface area contributed by atoms with E-state index in [1.54, 1.807) is 7.05 Å². The van der Waals surface area contributed by atoms with Gasteiger partial charge in [0.2, 0.25) is 10.0 Å². The van der Waals surface area contributed by atoms with E-state index in [4.69, 9.17) is 0 Å². The monoisotopic (exact) mass is 283 g/mol. The molecule has 4 atom stereocenters. The fourth-order valence-corrected chi connectivity index (χ4v) is 5.12. The first-order valence-electron chi connectivity index (χ1n) is 6.96. The van der Waals surface area contributed by atoms with Gasteiger partial charge in [-0.25, -0.2) is 13.1 Å². The molecule has 1 heterocycles. The first kappa shape index (κ1) is 13.1. The van der Waals surface area contributed by atoms with Crippen LogP contribution < -0.4 is 4.72 Å². The van der Waals surface area contributed by atoms with Crippen LogP contribution in [0.4, 0.5) is 0 Å².